The van der Waals surface area contributed by atoms with E-state index >= 15 is 0 Å². The molecule has 0 aliphatic heterocycles. The topological polar surface area (TPSA) is 34.2 Å². The van der Waals surface area contributed by atoms with E-state index in [1.807, 2.05) is 30.6 Å². The van der Waals surface area contributed by atoms with Crippen LogP contribution in [0, 0.1) is 0 Å². The summed E-state index contributed by atoms with van der Waals surface area (Å²) in [6.45, 7) is 5.91. The second kappa shape index (κ2) is 8.02. The first-order valence-electron chi connectivity index (χ1n) is 7.18. The van der Waals surface area contributed by atoms with Gasteiger partial charge in [-0.15, -0.1) is 11.3 Å². The van der Waals surface area contributed by atoms with Crippen molar-refractivity contribution in [1.29, 1.82) is 0 Å². The summed E-state index contributed by atoms with van der Waals surface area (Å²) in [7, 11) is 0. The minimum atomic E-state index is 0.316. The van der Waals surface area contributed by atoms with Gasteiger partial charge < -0.3 is 10.1 Å². The van der Waals surface area contributed by atoms with E-state index in [1.165, 1.54) is 10.6 Å². The molecule has 20 heavy (non-hydrogen) atoms. The molecule has 1 aromatic carbocycles. The van der Waals surface area contributed by atoms with E-state index in [-0.39, 0.29) is 0 Å². The molecule has 0 spiro atoms. The number of benzene rings is 1. The van der Waals surface area contributed by atoms with Crippen LogP contribution < -0.4 is 10.1 Å². The number of thiazole rings is 1. The lowest BCUT2D eigenvalue weighted by atomic mass is 10.0. The lowest BCUT2D eigenvalue weighted by Gasteiger charge is -2.18. The summed E-state index contributed by atoms with van der Waals surface area (Å²) in [5.41, 5.74) is 1.29. The van der Waals surface area contributed by atoms with Gasteiger partial charge in [0, 0.05) is 24.0 Å². The van der Waals surface area contributed by atoms with E-state index in [1.54, 1.807) is 11.3 Å². The van der Waals surface area contributed by atoms with E-state index in [0.717, 1.165) is 25.1 Å². The molecule has 1 N–H and O–H groups in total. The molecule has 0 saturated carbocycles. The molecule has 108 valence electrons. The third-order valence-electron chi connectivity index (χ3n) is 3.10. The van der Waals surface area contributed by atoms with Crippen molar-refractivity contribution in [3.63, 3.8) is 0 Å². The first-order chi connectivity index (χ1) is 9.83. The van der Waals surface area contributed by atoms with Crippen LogP contribution in [0.1, 0.15) is 36.9 Å². The lowest BCUT2D eigenvalue weighted by Crippen LogP contribution is -2.24. The Morgan fingerprint density at radius 3 is 2.65 bits per heavy atom. The number of hydrogen-bond donors (Lipinski definition) is 1. The zero-order valence-corrected chi connectivity index (χ0v) is 13.0. The van der Waals surface area contributed by atoms with Crippen molar-refractivity contribution in [3.05, 3.63) is 46.4 Å². The van der Waals surface area contributed by atoms with Crippen molar-refractivity contribution >= 4 is 11.3 Å². The van der Waals surface area contributed by atoms with E-state index in [2.05, 4.69) is 29.4 Å². The molecule has 2 rings (SSSR count). The van der Waals surface area contributed by atoms with Crippen molar-refractivity contribution in [2.45, 2.75) is 32.7 Å². The summed E-state index contributed by atoms with van der Waals surface area (Å²) in [4.78, 5) is 4.39. The SMILES string of the molecule is CCCNC(Cc1nccs1)c1ccc(OCC)cc1. The molecule has 0 bridgehead atoms. The van der Waals surface area contributed by atoms with Crippen LogP contribution in [-0.2, 0) is 6.42 Å². The summed E-state index contributed by atoms with van der Waals surface area (Å²) >= 11 is 1.71. The molecule has 0 aliphatic rings. The molecule has 0 radical (unpaired) electrons. The Balaban J connectivity index is 2.08. The van der Waals surface area contributed by atoms with Crippen LogP contribution in [0.3, 0.4) is 0 Å². The predicted octanol–water partition coefficient (Wildman–Crippen LogP) is 3.83. The molecule has 1 unspecified atom stereocenters. The molecular weight excluding hydrogens is 268 g/mol. The van der Waals surface area contributed by atoms with Gasteiger partial charge in [0.1, 0.15) is 5.75 Å². The summed E-state index contributed by atoms with van der Waals surface area (Å²) in [6.07, 6.45) is 3.94. The van der Waals surface area contributed by atoms with Gasteiger partial charge in [-0.05, 0) is 37.6 Å². The minimum absolute atomic E-state index is 0.316. The maximum absolute atomic E-state index is 5.50. The highest BCUT2D eigenvalue weighted by Crippen LogP contribution is 2.22. The van der Waals surface area contributed by atoms with Crippen LogP contribution in [0.2, 0.25) is 0 Å². The van der Waals surface area contributed by atoms with Crippen molar-refractivity contribution < 1.29 is 4.74 Å². The number of nitrogens with one attached hydrogen (secondary N) is 1. The van der Waals surface area contributed by atoms with Gasteiger partial charge in [0.2, 0.25) is 0 Å². The van der Waals surface area contributed by atoms with E-state index in [4.69, 9.17) is 4.74 Å². The second-order valence-electron chi connectivity index (χ2n) is 4.64. The Morgan fingerprint density at radius 2 is 2.05 bits per heavy atom. The largest absolute Gasteiger partial charge is 0.494 e. The molecule has 1 heterocycles. The zero-order valence-electron chi connectivity index (χ0n) is 12.1. The Bertz CT molecular complexity index is 482. The third-order valence-corrected chi connectivity index (χ3v) is 3.90. The number of ether oxygens (including phenoxy) is 1. The highest BCUT2D eigenvalue weighted by molar-refractivity contribution is 7.09. The summed E-state index contributed by atoms with van der Waals surface area (Å²) in [6, 6.07) is 8.69. The second-order valence-corrected chi connectivity index (χ2v) is 5.62. The molecular formula is C16H22N2OS. The van der Waals surface area contributed by atoms with E-state index in [9.17, 15) is 0 Å². The van der Waals surface area contributed by atoms with Crippen LogP contribution >= 0.6 is 11.3 Å². The van der Waals surface area contributed by atoms with E-state index in [0.29, 0.717) is 12.6 Å². The Hall–Kier alpha value is -1.39. The Morgan fingerprint density at radius 1 is 1.25 bits per heavy atom. The average molecular weight is 290 g/mol. The molecule has 2 aromatic rings. The molecule has 1 aromatic heterocycles. The maximum atomic E-state index is 5.50. The number of hydrogen-bond acceptors (Lipinski definition) is 4. The van der Waals surface area contributed by atoms with Gasteiger partial charge >= 0.3 is 0 Å². The number of nitrogens with zero attached hydrogens (tertiary/aromatic N) is 1. The maximum Gasteiger partial charge on any atom is 0.119 e. The van der Waals surface area contributed by atoms with Gasteiger partial charge in [0.05, 0.1) is 11.6 Å². The lowest BCUT2D eigenvalue weighted by molar-refractivity contribution is 0.340. The van der Waals surface area contributed by atoms with Crippen LogP contribution in [0.5, 0.6) is 5.75 Å². The zero-order chi connectivity index (χ0) is 14.2. The molecule has 0 saturated heterocycles. The van der Waals surface area contributed by atoms with Crippen molar-refractivity contribution in [3.8, 4) is 5.75 Å². The van der Waals surface area contributed by atoms with Gasteiger partial charge in [-0.1, -0.05) is 19.1 Å². The number of aromatic nitrogens is 1. The first-order valence-corrected chi connectivity index (χ1v) is 8.06. The monoisotopic (exact) mass is 290 g/mol. The smallest absolute Gasteiger partial charge is 0.119 e. The van der Waals surface area contributed by atoms with Crippen LogP contribution in [0.25, 0.3) is 0 Å². The fourth-order valence-corrected chi connectivity index (χ4v) is 2.78. The molecule has 3 nitrogen and oxygen atoms in total. The fourth-order valence-electron chi connectivity index (χ4n) is 2.12. The molecule has 0 aliphatic carbocycles. The van der Waals surface area contributed by atoms with Crippen molar-refractivity contribution in [2.24, 2.45) is 0 Å². The molecule has 1 atom stereocenters. The summed E-state index contributed by atoms with van der Waals surface area (Å²) < 4.78 is 5.50. The average Bonchev–Trinajstić information content (AvgIpc) is 2.98. The molecule has 4 heteroatoms. The van der Waals surface area contributed by atoms with Crippen molar-refractivity contribution in [1.82, 2.24) is 10.3 Å². The van der Waals surface area contributed by atoms with Crippen LogP contribution in [-0.4, -0.2) is 18.1 Å². The molecule has 0 fully saturated rings. The third kappa shape index (κ3) is 4.32. The van der Waals surface area contributed by atoms with Gasteiger partial charge in [-0.3, -0.25) is 0 Å². The Kier molecular flexibility index (Phi) is 6.02. The number of rotatable bonds is 8. The summed E-state index contributed by atoms with van der Waals surface area (Å²) in [5, 5.41) is 6.81. The highest BCUT2D eigenvalue weighted by atomic mass is 32.1. The first kappa shape index (κ1) is 15.0. The minimum Gasteiger partial charge on any atom is -0.494 e. The van der Waals surface area contributed by atoms with Gasteiger partial charge in [-0.2, -0.15) is 0 Å². The van der Waals surface area contributed by atoms with E-state index < -0.39 is 0 Å². The normalized spacial score (nSPS) is 12.3. The predicted molar refractivity (Wildman–Crippen MR) is 84.5 cm³/mol. The standard InChI is InChI=1S/C16H22N2OS/c1-3-9-17-15(12-16-18-10-11-20-16)13-5-7-14(8-6-13)19-4-2/h5-8,10-11,15,17H,3-4,9,12H2,1-2H3. The highest BCUT2D eigenvalue weighted by Gasteiger charge is 2.13. The van der Waals surface area contributed by atoms with Crippen molar-refractivity contribution in [2.75, 3.05) is 13.2 Å². The Labute approximate surface area is 125 Å². The summed E-state index contributed by atoms with van der Waals surface area (Å²) in [5.74, 6) is 0.930. The van der Waals surface area contributed by atoms with Gasteiger partial charge in [0.25, 0.3) is 0 Å². The van der Waals surface area contributed by atoms with Gasteiger partial charge in [-0.25, -0.2) is 4.98 Å². The quantitative estimate of drug-likeness (QED) is 0.802. The van der Waals surface area contributed by atoms with Crippen LogP contribution in [0.15, 0.2) is 35.8 Å². The molecule has 0 amide bonds. The van der Waals surface area contributed by atoms with Crippen LogP contribution in [0.4, 0.5) is 0 Å². The van der Waals surface area contributed by atoms with Gasteiger partial charge in [0.15, 0.2) is 0 Å². The fraction of sp³-hybridized carbons (Fsp3) is 0.438.